The highest BCUT2D eigenvalue weighted by Crippen LogP contribution is 2.17. The van der Waals surface area contributed by atoms with E-state index in [-0.39, 0.29) is 24.4 Å². The number of hydrogen-bond acceptors (Lipinski definition) is 5. The second-order valence-electron chi connectivity index (χ2n) is 5.98. The maximum Gasteiger partial charge on any atom is 0.316 e. The highest BCUT2D eigenvalue weighted by atomic mass is 19.1. The standard InChI is InChI=1S/C18H20FN3O3/c1-13-10-20-18(21-11-13)25-16-6-8-22(9-7-16)17(23)12-24-15-4-2-14(19)3-5-15/h2-5,10-11,16H,6-9,12H2,1H3. The van der Waals surface area contributed by atoms with Crippen LogP contribution >= 0.6 is 0 Å². The molecule has 0 spiro atoms. The van der Waals surface area contributed by atoms with Gasteiger partial charge in [-0.15, -0.1) is 0 Å². The zero-order valence-corrected chi connectivity index (χ0v) is 14.0. The summed E-state index contributed by atoms with van der Waals surface area (Å²) in [6.07, 6.45) is 4.88. The predicted molar refractivity (Wildman–Crippen MR) is 88.9 cm³/mol. The maximum atomic E-state index is 12.8. The molecule has 1 saturated heterocycles. The molecule has 0 atom stereocenters. The summed E-state index contributed by atoms with van der Waals surface area (Å²) in [7, 11) is 0. The molecule has 0 aliphatic carbocycles. The SMILES string of the molecule is Cc1cnc(OC2CCN(C(=O)COc3ccc(F)cc3)CC2)nc1. The van der Waals surface area contributed by atoms with Crippen molar-refractivity contribution in [3.63, 3.8) is 0 Å². The lowest BCUT2D eigenvalue weighted by atomic mass is 10.1. The molecule has 1 aromatic heterocycles. The minimum Gasteiger partial charge on any atom is -0.484 e. The minimum atomic E-state index is -0.335. The zero-order chi connectivity index (χ0) is 17.6. The number of ether oxygens (including phenoxy) is 2. The van der Waals surface area contributed by atoms with Crippen molar-refractivity contribution in [2.75, 3.05) is 19.7 Å². The van der Waals surface area contributed by atoms with Crippen LogP contribution in [0.4, 0.5) is 4.39 Å². The molecule has 1 aliphatic heterocycles. The third kappa shape index (κ3) is 4.89. The molecular formula is C18H20FN3O3. The van der Waals surface area contributed by atoms with Crippen molar-refractivity contribution in [3.05, 3.63) is 48.0 Å². The van der Waals surface area contributed by atoms with Crippen LogP contribution in [0.1, 0.15) is 18.4 Å². The van der Waals surface area contributed by atoms with Crippen molar-refractivity contribution in [1.29, 1.82) is 0 Å². The third-order valence-corrected chi connectivity index (χ3v) is 4.00. The Morgan fingerprint density at radius 2 is 1.84 bits per heavy atom. The fourth-order valence-electron chi connectivity index (χ4n) is 2.58. The van der Waals surface area contributed by atoms with Crippen molar-refractivity contribution >= 4 is 5.91 Å². The normalized spacial score (nSPS) is 15.0. The lowest BCUT2D eigenvalue weighted by Crippen LogP contribution is -2.43. The number of aromatic nitrogens is 2. The molecule has 1 amide bonds. The number of halogens is 1. The molecule has 0 bridgehead atoms. The summed E-state index contributed by atoms with van der Waals surface area (Å²) >= 11 is 0. The van der Waals surface area contributed by atoms with Gasteiger partial charge in [-0.1, -0.05) is 0 Å². The van der Waals surface area contributed by atoms with Crippen molar-refractivity contribution in [2.45, 2.75) is 25.9 Å². The Labute approximate surface area is 145 Å². The Kier molecular flexibility index (Phi) is 5.42. The molecule has 2 heterocycles. The van der Waals surface area contributed by atoms with Gasteiger partial charge < -0.3 is 14.4 Å². The lowest BCUT2D eigenvalue weighted by molar-refractivity contribution is -0.135. The van der Waals surface area contributed by atoms with Crippen LogP contribution in [0.5, 0.6) is 11.8 Å². The number of hydrogen-bond donors (Lipinski definition) is 0. The van der Waals surface area contributed by atoms with Gasteiger partial charge in [0, 0.05) is 38.3 Å². The van der Waals surface area contributed by atoms with Crippen LogP contribution in [0.15, 0.2) is 36.7 Å². The molecule has 3 rings (SSSR count). The highest BCUT2D eigenvalue weighted by molar-refractivity contribution is 5.77. The molecule has 0 unspecified atom stereocenters. The number of nitrogens with zero attached hydrogens (tertiary/aromatic N) is 3. The first-order valence-corrected chi connectivity index (χ1v) is 8.21. The van der Waals surface area contributed by atoms with E-state index in [4.69, 9.17) is 9.47 Å². The maximum absolute atomic E-state index is 12.8. The summed E-state index contributed by atoms with van der Waals surface area (Å²) in [6.45, 7) is 3.06. The van der Waals surface area contributed by atoms with Crippen molar-refractivity contribution in [1.82, 2.24) is 14.9 Å². The fraction of sp³-hybridized carbons (Fsp3) is 0.389. The van der Waals surface area contributed by atoms with E-state index in [1.54, 1.807) is 17.3 Å². The number of likely N-dealkylation sites (tertiary alicyclic amines) is 1. The van der Waals surface area contributed by atoms with Gasteiger partial charge in [-0.05, 0) is 36.8 Å². The topological polar surface area (TPSA) is 64.5 Å². The summed E-state index contributed by atoms with van der Waals surface area (Å²) in [5.41, 5.74) is 0.980. The lowest BCUT2D eigenvalue weighted by Gasteiger charge is -2.31. The van der Waals surface area contributed by atoms with Crippen molar-refractivity contribution in [2.24, 2.45) is 0 Å². The van der Waals surface area contributed by atoms with Crippen LogP contribution in [-0.4, -0.2) is 46.6 Å². The Morgan fingerprint density at radius 3 is 2.48 bits per heavy atom. The first kappa shape index (κ1) is 17.1. The second-order valence-corrected chi connectivity index (χ2v) is 5.98. The number of benzene rings is 1. The van der Waals surface area contributed by atoms with Crippen LogP contribution in [-0.2, 0) is 4.79 Å². The molecule has 1 aliphatic rings. The average Bonchev–Trinajstić information content (AvgIpc) is 2.63. The Hall–Kier alpha value is -2.70. The molecule has 6 nitrogen and oxygen atoms in total. The first-order valence-electron chi connectivity index (χ1n) is 8.21. The average molecular weight is 345 g/mol. The molecule has 2 aromatic rings. The number of piperidine rings is 1. The van der Waals surface area contributed by atoms with E-state index < -0.39 is 0 Å². The van der Waals surface area contributed by atoms with Crippen LogP contribution in [0.25, 0.3) is 0 Å². The van der Waals surface area contributed by atoms with Crippen LogP contribution in [0.3, 0.4) is 0 Å². The van der Waals surface area contributed by atoms with Gasteiger partial charge in [0.05, 0.1) is 0 Å². The van der Waals surface area contributed by atoms with Gasteiger partial charge >= 0.3 is 6.01 Å². The quantitative estimate of drug-likeness (QED) is 0.832. The van der Waals surface area contributed by atoms with E-state index >= 15 is 0 Å². The zero-order valence-electron chi connectivity index (χ0n) is 14.0. The number of carbonyl (C=O) groups is 1. The molecular weight excluding hydrogens is 325 g/mol. The summed E-state index contributed by atoms with van der Waals surface area (Å²) in [5.74, 6) is 0.0529. The fourth-order valence-corrected chi connectivity index (χ4v) is 2.58. The van der Waals surface area contributed by atoms with Gasteiger partial charge in [0.15, 0.2) is 6.61 Å². The number of aryl methyl sites for hydroxylation is 1. The van der Waals surface area contributed by atoms with Crippen molar-refractivity contribution < 1.29 is 18.7 Å². The summed E-state index contributed by atoms with van der Waals surface area (Å²) < 4.78 is 24.0. The van der Waals surface area contributed by atoms with E-state index in [9.17, 15) is 9.18 Å². The largest absolute Gasteiger partial charge is 0.484 e. The molecule has 0 saturated carbocycles. The highest BCUT2D eigenvalue weighted by Gasteiger charge is 2.24. The molecule has 1 aromatic carbocycles. The summed E-state index contributed by atoms with van der Waals surface area (Å²) in [6, 6.07) is 5.98. The molecule has 1 fully saturated rings. The van der Waals surface area contributed by atoms with Crippen LogP contribution in [0.2, 0.25) is 0 Å². The van der Waals surface area contributed by atoms with Gasteiger partial charge in [-0.2, -0.15) is 0 Å². The summed E-state index contributed by atoms with van der Waals surface area (Å²) in [4.78, 5) is 22.2. The second kappa shape index (κ2) is 7.92. The first-order chi connectivity index (χ1) is 12.1. The van der Waals surface area contributed by atoms with Crippen LogP contribution < -0.4 is 9.47 Å². The molecule has 132 valence electrons. The van der Waals surface area contributed by atoms with E-state index in [2.05, 4.69) is 9.97 Å². The smallest absolute Gasteiger partial charge is 0.316 e. The van der Waals surface area contributed by atoms with Gasteiger partial charge in [0.25, 0.3) is 5.91 Å². The van der Waals surface area contributed by atoms with E-state index in [1.165, 1.54) is 24.3 Å². The Bertz CT molecular complexity index is 699. The van der Waals surface area contributed by atoms with E-state index in [1.807, 2.05) is 6.92 Å². The predicted octanol–water partition coefficient (Wildman–Crippen LogP) is 2.37. The minimum absolute atomic E-state index is 0.00442. The van der Waals surface area contributed by atoms with Gasteiger partial charge in [-0.25, -0.2) is 14.4 Å². The van der Waals surface area contributed by atoms with E-state index in [0.717, 1.165) is 18.4 Å². The summed E-state index contributed by atoms with van der Waals surface area (Å²) in [5, 5.41) is 0. The molecule has 0 N–H and O–H groups in total. The molecule has 0 radical (unpaired) electrons. The van der Waals surface area contributed by atoms with E-state index in [0.29, 0.717) is 24.8 Å². The van der Waals surface area contributed by atoms with Crippen LogP contribution in [0, 0.1) is 12.7 Å². The van der Waals surface area contributed by atoms with Crippen molar-refractivity contribution in [3.8, 4) is 11.8 Å². The number of carbonyl (C=O) groups excluding carboxylic acids is 1. The van der Waals surface area contributed by atoms with Gasteiger partial charge in [0.1, 0.15) is 17.7 Å². The molecule has 25 heavy (non-hydrogen) atoms. The third-order valence-electron chi connectivity index (χ3n) is 4.00. The monoisotopic (exact) mass is 345 g/mol. The Morgan fingerprint density at radius 1 is 1.20 bits per heavy atom. The Balaban J connectivity index is 1.42. The number of amides is 1. The molecule has 7 heteroatoms. The number of rotatable bonds is 5. The van der Waals surface area contributed by atoms with Gasteiger partial charge in [0.2, 0.25) is 0 Å². The van der Waals surface area contributed by atoms with Gasteiger partial charge in [-0.3, -0.25) is 4.79 Å².